The van der Waals surface area contributed by atoms with Crippen molar-refractivity contribution in [1.29, 1.82) is 0 Å². The second-order valence-electron chi connectivity index (χ2n) is 3.39. The maximum atomic E-state index is 11.6. The van der Waals surface area contributed by atoms with Gasteiger partial charge in [-0.15, -0.1) is 0 Å². The quantitative estimate of drug-likeness (QED) is 0.376. The fourth-order valence-electron chi connectivity index (χ4n) is 1.62. The summed E-state index contributed by atoms with van der Waals surface area (Å²) in [6.45, 7) is 0. The number of non-ortho nitro benzene ring substituents is 1. The van der Waals surface area contributed by atoms with Crippen molar-refractivity contribution in [2.75, 3.05) is 7.11 Å². The molecule has 2 rings (SSSR count). The van der Waals surface area contributed by atoms with E-state index in [1.54, 1.807) is 0 Å². The van der Waals surface area contributed by atoms with Crippen LogP contribution in [0.25, 0.3) is 10.9 Å². The number of aromatic nitrogens is 2. The molecule has 0 unspecified atom stereocenters. The Kier molecular flexibility index (Phi) is 2.76. The average molecular weight is 249 g/mol. The molecule has 0 saturated carbocycles. The maximum Gasteiger partial charge on any atom is 0.338 e. The van der Waals surface area contributed by atoms with Crippen molar-refractivity contribution in [2.45, 2.75) is 0 Å². The van der Waals surface area contributed by atoms with Gasteiger partial charge in [-0.1, -0.05) is 0 Å². The average Bonchev–Trinajstić information content (AvgIpc) is 2.79. The molecule has 0 radical (unpaired) electrons. The summed E-state index contributed by atoms with van der Waals surface area (Å²) in [5.41, 5.74) is -0.142. The van der Waals surface area contributed by atoms with Gasteiger partial charge in [0.1, 0.15) is 11.2 Å². The van der Waals surface area contributed by atoms with E-state index < -0.39 is 10.9 Å². The number of nitrogens with one attached hydrogen (secondary N) is 1. The number of nitro benzene ring substituents is 1. The summed E-state index contributed by atoms with van der Waals surface area (Å²) in [6.07, 6.45) is 0.480. The number of esters is 1. The third-order valence-corrected chi connectivity index (χ3v) is 2.40. The number of nitrogens with zero attached hydrogens (tertiary/aromatic N) is 2. The third-order valence-electron chi connectivity index (χ3n) is 2.40. The second-order valence-corrected chi connectivity index (χ2v) is 3.39. The van der Waals surface area contributed by atoms with Crippen molar-refractivity contribution in [3.8, 4) is 0 Å². The van der Waals surface area contributed by atoms with Gasteiger partial charge in [-0.05, 0) is 0 Å². The summed E-state index contributed by atoms with van der Waals surface area (Å²) in [4.78, 5) is 32.5. The molecular formula is C10H7N3O5. The smallest absolute Gasteiger partial charge is 0.338 e. The summed E-state index contributed by atoms with van der Waals surface area (Å²) >= 11 is 0. The Labute approximate surface area is 99.7 Å². The molecule has 1 N–H and O–H groups in total. The molecule has 0 bridgehead atoms. The fourth-order valence-corrected chi connectivity index (χ4v) is 1.62. The van der Waals surface area contributed by atoms with Gasteiger partial charge < -0.3 is 4.74 Å². The lowest BCUT2D eigenvalue weighted by Crippen LogP contribution is -2.04. The van der Waals surface area contributed by atoms with E-state index in [4.69, 9.17) is 0 Å². The zero-order valence-electron chi connectivity index (χ0n) is 9.17. The summed E-state index contributed by atoms with van der Waals surface area (Å²) in [5, 5.41) is 17.1. The van der Waals surface area contributed by atoms with E-state index in [1.165, 1.54) is 6.07 Å². The van der Waals surface area contributed by atoms with Crippen LogP contribution in [-0.2, 0) is 4.74 Å². The van der Waals surface area contributed by atoms with Gasteiger partial charge >= 0.3 is 5.97 Å². The van der Waals surface area contributed by atoms with Crippen molar-refractivity contribution < 1.29 is 19.2 Å². The topological polar surface area (TPSA) is 115 Å². The maximum absolute atomic E-state index is 11.6. The van der Waals surface area contributed by atoms with Gasteiger partial charge in [-0.3, -0.25) is 20.0 Å². The van der Waals surface area contributed by atoms with Crippen molar-refractivity contribution in [3.05, 3.63) is 33.5 Å². The first-order valence-corrected chi connectivity index (χ1v) is 4.78. The molecule has 18 heavy (non-hydrogen) atoms. The molecule has 8 nitrogen and oxygen atoms in total. The zero-order valence-corrected chi connectivity index (χ0v) is 9.17. The minimum absolute atomic E-state index is 0.0697. The van der Waals surface area contributed by atoms with Crippen LogP contribution in [0.15, 0.2) is 12.1 Å². The van der Waals surface area contributed by atoms with Crippen LogP contribution < -0.4 is 0 Å². The molecule has 0 fully saturated rings. The molecule has 1 aromatic carbocycles. The molecule has 8 heteroatoms. The number of H-pyrrole nitrogens is 1. The van der Waals surface area contributed by atoms with E-state index in [-0.39, 0.29) is 27.8 Å². The molecule has 0 aliphatic carbocycles. The van der Waals surface area contributed by atoms with Crippen LogP contribution in [0, 0.1) is 10.1 Å². The Bertz CT molecular complexity index is 661. The highest BCUT2D eigenvalue weighted by atomic mass is 16.6. The summed E-state index contributed by atoms with van der Waals surface area (Å²) in [7, 11) is 1.15. The van der Waals surface area contributed by atoms with E-state index in [0.29, 0.717) is 6.29 Å². The first-order valence-electron chi connectivity index (χ1n) is 4.78. The number of ether oxygens (including phenoxy) is 1. The third kappa shape index (κ3) is 1.69. The standard InChI is InChI=1S/C10H7N3O5/c1-18-10(15)6-2-5(13(16)17)3-7-9(6)8(4-14)12-11-7/h2-4H,1H3,(H,11,12). The number of rotatable bonds is 3. The Hall–Kier alpha value is -2.77. The molecule has 1 heterocycles. The monoisotopic (exact) mass is 249 g/mol. The molecule has 2 aromatic rings. The van der Waals surface area contributed by atoms with Crippen molar-refractivity contribution in [2.24, 2.45) is 0 Å². The van der Waals surface area contributed by atoms with Crippen LogP contribution in [-0.4, -0.2) is 34.5 Å². The zero-order chi connectivity index (χ0) is 13.3. The molecule has 1 aromatic heterocycles. The van der Waals surface area contributed by atoms with Crippen LogP contribution in [0.4, 0.5) is 5.69 Å². The van der Waals surface area contributed by atoms with Crippen molar-refractivity contribution in [1.82, 2.24) is 10.2 Å². The van der Waals surface area contributed by atoms with E-state index >= 15 is 0 Å². The Morgan fingerprint density at radius 3 is 2.83 bits per heavy atom. The number of benzene rings is 1. The summed E-state index contributed by atoms with van der Waals surface area (Å²) in [6, 6.07) is 2.22. The van der Waals surface area contributed by atoms with E-state index in [2.05, 4.69) is 14.9 Å². The van der Waals surface area contributed by atoms with Crippen molar-refractivity contribution >= 4 is 28.8 Å². The van der Waals surface area contributed by atoms with Crippen LogP contribution >= 0.6 is 0 Å². The molecular weight excluding hydrogens is 242 g/mol. The Morgan fingerprint density at radius 2 is 2.28 bits per heavy atom. The molecule has 0 spiro atoms. The number of hydrogen-bond acceptors (Lipinski definition) is 6. The number of aldehydes is 1. The number of carbonyl (C=O) groups is 2. The highest BCUT2D eigenvalue weighted by molar-refractivity contribution is 6.09. The first-order chi connectivity index (χ1) is 8.58. The van der Waals surface area contributed by atoms with Gasteiger partial charge in [0.15, 0.2) is 6.29 Å². The predicted octanol–water partition coefficient (Wildman–Crippen LogP) is 1.07. The van der Waals surface area contributed by atoms with Gasteiger partial charge in [0.05, 0.1) is 17.6 Å². The molecule has 0 atom stereocenters. The minimum atomic E-state index is -0.770. The number of methoxy groups -OCH3 is 1. The highest BCUT2D eigenvalue weighted by Crippen LogP contribution is 2.26. The second kappa shape index (κ2) is 4.24. The molecule has 0 aliphatic heterocycles. The minimum Gasteiger partial charge on any atom is -0.465 e. The molecule has 0 saturated heterocycles. The van der Waals surface area contributed by atoms with Crippen molar-refractivity contribution in [3.63, 3.8) is 0 Å². The first kappa shape index (κ1) is 11.7. The van der Waals surface area contributed by atoms with Crippen LogP contribution in [0.1, 0.15) is 20.8 Å². The lowest BCUT2D eigenvalue weighted by molar-refractivity contribution is -0.384. The van der Waals surface area contributed by atoms with E-state index in [9.17, 15) is 19.7 Å². The Morgan fingerprint density at radius 1 is 1.56 bits per heavy atom. The summed E-state index contributed by atoms with van der Waals surface area (Å²) < 4.78 is 4.53. The number of fused-ring (bicyclic) bond motifs is 1. The Balaban J connectivity index is 2.83. The number of nitro groups is 1. The number of hydrogen-bond donors (Lipinski definition) is 1. The molecule has 0 amide bonds. The fraction of sp³-hybridized carbons (Fsp3) is 0.100. The van der Waals surface area contributed by atoms with Gasteiger partial charge in [0, 0.05) is 17.5 Å². The lowest BCUT2D eigenvalue weighted by Gasteiger charge is -2.01. The number of carbonyl (C=O) groups excluding carboxylic acids is 2. The predicted molar refractivity (Wildman–Crippen MR) is 59.5 cm³/mol. The SMILES string of the molecule is COC(=O)c1cc([N+](=O)[O-])cc2n[nH]c(C=O)c12. The van der Waals surface area contributed by atoms with Gasteiger partial charge in [-0.2, -0.15) is 5.10 Å². The number of aromatic amines is 1. The van der Waals surface area contributed by atoms with Gasteiger partial charge in [-0.25, -0.2) is 4.79 Å². The van der Waals surface area contributed by atoms with Gasteiger partial charge in [0.2, 0.25) is 0 Å². The molecule has 0 aliphatic rings. The van der Waals surface area contributed by atoms with Crippen LogP contribution in [0.3, 0.4) is 0 Å². The normalized spacial score (nSPS) is 10.3. The van der Waals surface area contributed by atoms with Crippen LogP contribution in [0.5, 0.6) is 0 Å². The van der Waals surface area contributed by atoms with E-state index in [0.717, 1.165) is 13.2 Å². The largest absolute Gasteiger partial charge is 0.465 e. The summed E-state index contributed by atoms with van der Waals surface area (Å²) in [5.74, 6) is -0.770. The lowest BCUT2D eigenvalue weighted by atomic mass is 10.1. The van der Waals surface area contributed by atoms with Crippen LogP contribution in [0.2, 0.25) is 0 Å². The highest BCUT2D eigenvalue weighted by Gasteiger charge is 2.21. The molecule has 92 valence electrons. The van der Waals surface area contributed by atoms with E-state index in [1.807, 2.05) is 0 Å². The van der Waals surface area contributed by atoms with Gasteiger partial charge in [0.25, 0.3) is 5.69 Å².